The van der Waals surface area contributed by atoms with Crippen molar-refractivity contribution in [3.05, 3.63) is 107 Å². The molecule has 0 saturated carbocycles. The van der Waals surface area contributed by atoms with Gasteiger partial charge in [-0.1, -0.05) is 78.9 Å². The van der Waals surface area contributed by atoms with Crippen LogP contribution in [0.3, 0.4) is 0 Å². The van der Waals surface area contributed by atoms with Gasteiger partial charge in [-0.05, 0) is 53.1 Å². The van der Waals surface area contributed by atoms with Crippen LogP contribution < -0.4 is 5.32 Å². The molecule has 0 fully saturated rings. The molecule has 5 rings (SSSR count). The van der Waals surface area contributed by atoms with Gasteiger partial charge < -0.3 is 5.32 Å². The molecule has 1 aliphatic carbocycles. The lowest BCUT2D eigenvalue weighted by Gasteiger charge is -2.36. The molecule has 1 heteroatoms. The predicted octanol–water partition coefficient (Wildman–Crippen LogP) is 5.60. The van der Waals surface area contributed by atoms with E-state index in [0.29, 0.717) is 0 Å². The predicted molar refractivity (Wildman–Crippen MR) is 110 cm³/mol. The number of allylic oxidation sites excluding steroid dienone is 1. The van der Waals surface area contributed by atoms with E-state index < -0.39 is 0 Å². The first kappa shape index (κ1) is 15.5. The molecule has 1 aliphatic heterocycles. The smallest absolute Gasteiger partial charge is 0.0425 e. The molecule has 0 aromatic heterocycles. The minimum Gasteiger partial charge on any atom is -0.385 e. The van der Waals surface area contributed by atoms with Gasteiger partial charge in [-0.25, -0.2) is 0 Å². The van der Waals surface area contributed by atoms with Crippen LogP contribution >= 0.6 is 0 Å². The summed E-state index contributed by atoms with van der Waals surface area (Å²) in [6, 6.07) is 26.8. The fourth-order valence-corrected chi connectivity index (χ4v) is 4.50. The lowest BCUT2D eigenvalue weighted by molar-refractivity contribution is 0.631. The maximum atomic E-state index is 3.54. The van der Waals surface area contributed by atoms with E-state index in [-0.39, 0.29) is 5.41 Å². The molecule has 0 amide bonds. The van der Waals surface area contributed by atoms with E-state index in [1.165, 1.54) is 46.3 Å². The molecule has 26 heavy (non-hydrogen) atoms. The number of hydrogen-bond acceptors (Lipinski definition) is 1. The third kappa shape index (κ3) is 2.47. The molecule has 3 aromatic rings. The van der Waals surface area contributed by atoms with E-state index >= 15 is 0 Å². The molecular weight excluding hydrogens is 314 g/mol. The molecule has 0 saturated heterocycles. The fourth-order valence-electron chi connectivity index (χ4n) is 4.50. The van der Waals surface area contributed by atoms with E-state index in [2.05, 4.69) is 90.3 Å². The van der Waals surface area contributed by atoms with Gasteiger partial charge in [-0.15, -0.1) is 0 Å². The Morgan fingerprint density at radius 3 is 2.54 bits per heavy atom. The summed E-state index contributed by atoms with van der Waals surface area (Å²) in [5.41, 5.74) is 8.21. The summed E-state index contributed by atoms with van der Waals surface area (Å²) in [5.74, 6) is 0. The molecule has 1 heterocycles. The number of benzene rings is 3. The molecule has 2 aliphatic rings. The van der Waals surface area contributed by atoms with Crippen molar-refractivity contribution in [2.24, 2.45) is 0 Å². The Morgan fingerprint density at radius 1 is 0.769 bits per heavy atom. The first-order chi connectivity index (χ1) is 12.9. The number of fused-ring (bicyclic) bond motifs is 2. The van der Waals surface area contributed by atoms with Crippen LogP contribution in [0.4, 0.5) is 5.69 Å². The number of nitrogens with one attached hydrogen (secondary N) is 1. The van der Waals surface area contributed by atoms with Crippen molar-refractivity contribution < 1.29 is 0 Å². The first-order valence-corrected chi connectivity index (χ1v) is 9.55. The number of rotatable bonds is 2. The Bertz CT molecular complexity index is 970. The van der Waals surface area contributed by atoms with Gasteiger partial charge in [-0.3, -0.25) is 0 Å². The highest BCUT2D eigenvalue weighted by atomic mass is 14.9. The molecule has 1 N–H and O–H groups in total. The molecule has 1 unspecified atom stereocenters. The van der Waals surface area contributed by atoms with E-state index in [9.17, 15) is 0 Å². The maximum absolute atomic E-state index is 3.54. The molecule has 1 atom stereocenters. The van der Waals surface area contributed by atoms with Crippen LogP contribution in [0, 0.1) is 0 Å². The number of aryl methyl sites for hydroxylation is 1. The van der Waals surface area contributed by atoms with Gasteiger partial charge in [0.25, 0.3) is 0 Å². The van der Waals surface area contributed by atoms with Crippen LogP contribution in [0.1, 0.15) is 34.2 Å². The van der Waals surface area contributed by atoms with Gasteiger partial charge in [0.1, 0.15) is 0 Å². The van der Waals surface area contributed by atoms with Crippen molar-refractivity contribution in [1.29, 1.82) is 0 Å². The zero-order valence-corrected chi connectivity index (χ0v) is 14.9. The van der Waals surface area contributed by atoms with Crippen molar-refractivity contribution >= 4 is 11.8 Å². The average Bonchev–Trinajstić information content (AvgIpc) is 2.73. The van der Waals surface area contributed by atoms with E-state index in [1.807, 2.05) is 0 Å². The zero-order chi connectivity index (χ0) is 17.4. The molecule has 0 bridgehead atoms. The van der Waals surface area contributed by atoms with Crippen molar-refractivity contribution in [3.8, 4) is 0 Å². The Kier molecular flexibility index (Phi) is 3.67. The molecule has 128 valence electrons. The van der Waals surface area contributed by atoms with Gasteiger partial charge in [0.15, 0.2) is 0 Å². The lowest BCUT2D eigenvalue weighted by Crippen LogP contribution is -2.31. The van der Waals surface area contributed by atoms with Gasteiger partial charge in [0.2, 0.25) is 0 Å². The van der Waals surface area contributed by atoms with Crippen LogP contribution in [0.5, 0.6) is 0 Å². The zero-order valence-electron chi connectivity index (χ0n) is 14.9. The second-order valence-electron chi connectivity index (χ2n) is 7.45. The van der Waals surface area contributed by atoms with E-state index in [4.69, 9.17) is 0 Å². The Balaban J connectivity index is 1.69. The third-order valence-electron chi connectivity index (χ3n) is 5.92. The summed E-state index contributed by atoms with van der Waals surface area (Å²) < 4.78 is 0. The first-order valence-electron chi connectivity index (χ1n) is 9.55. The molecule has 0 spiro atoms. The SMILES string of the molecule is C1=CC(c2ccccc2)(c2ccc3c(c2)CCCN3)Cc2ccccc21. The summed E-state index contributed by atoms with van der Waals surface area (Å²) in [6.07, 6.45) is 8.12. The van der Waals surface area contributed by atoms with Crippen LogP contribution in [-0.4, -0.2) is 6.54 Å². The summed E-state index contributed by atoms with van der Waals surface area (Å²) in [4.78, 5) is 0. The molecule has 0 radical (unpaired) electrons. The normalized spacial score (nSPS) is 20.8. The second kappa shape index (κ2) is 6.17. The van der Waals surface area contributed by atoms with E-state index in [0.717, 1.165) is 13.0 Å². The minimum absolute atomic E-state index is 0.0951. The highest BCUT2D eigenvalue weighted by Gasteiger charge is 2.35. The molecule has 3 aromatic carbocycles. The van der Waals surface area contributed by atoms with Gasteiger partial charge >= 0.3 is 0 Å². The average molecular weight is 337 g/mol. The number of hydrogen-bond donors (Lipinski definition) is 1. The van der Waals surface area contributed by atoms with Crippen molar-refractivity contribution in [1.82, 2.24) is 0 Å². The van der Waals surface area contributed by atoms with Crippen molar-refractivity contribution in [2.45, 2.75) is 24.7 Å². The highest BCUT2D eigenvalue weighted by Crippen LogP contribution is 2.42. The third-order valence-corrected chi connectivity index (χ3v) is 5.92. The van der Waals surface area contributed by atoms with Crippen LogP contribution in [-0.2, 0) is 18.3 Å². The largest absolute Gasteiger partial charge is 0.385 e. The van der Waals surface area contributed by atoms with Crippen LogP contribution in [0.15, 0.2) is 78.9 Å². The van der Waals surface area contributed by atoms with Gasteiger partial charge in [0, 0.05) is 17.6 Å². The summed E-state index contributed by atoms with van der Waals surface area (Å²) in [6.45, 7) is 1.09. The second-order valence-corrected chi connectivity index (χ2v) is 7.45. The summed E-state index contributed by atoms with van der Waals surface area (Å²) in [7, 11) is 0. The maximum Gasteiger partial charge on any atom is 0.0425 e. The quantitative estimate of drug-likeness (QED) is 0.642. The Morgan fingerprint density at radius 2 is 1.62 bits per heavy atom. The van der Waals surface area contributed by atoms with Crippen LogP contribution in [0.25, 0.3) is 6.08 Å². The Hall–Kier alpha value is -2.80. The van der Waals surface area contributed by atoms with Gasteiger partial charge in [0.05, 0.1) is 0 Å². The summed E-state index contributed by atoms with van der Waals surface area (Å²) in [5, 5.41) is 3.54. The Labute approximate surface area is 155 Å². The molecular formula is C25H23N. The highest BCUT2D eigenvalue weighted by molar-refractivity contribution is 5.66. The topological polar surface area (TPSA) is 12.0 Å². The molecule has 1 nitrogen and oxygen atoms in total. The van der Waals surface area contributed by atoms with E-state index in [1.54, 1.807) is 0 Å². The minimum atomic E-state index is -0.0951. The summed E-state index contributed by atoms with van der Waals surface area (Å²) >= 11 is 0. The van der Waals surface area contributed by atoms with Crippen molar-refractivity contribution in [2.75, 3.05) is 11.9 Å². The number of anilines is 1. The van der Waals surface area contributed by atoms with Gasteiger partial charge in [-0.2, -0.15) is 0 Å². The standard InChI is InChI=1S/C25H23N/c1-2-10-22(11-3-1)25(15-14-19-7-4-5-8-21(19)18-25)23-12-13-24-20(17-23)9-6-16-26-24/h1-5,7-8,10-15,17,26H,6,9,16,18H2. The lowest BCUT2D eigenvalue weighted by atomic mass is 9.67. The fraction of sp³-hybridized carbons (Fsp3) is 0.200. The monoisotopic (exact) mass is 337 g/mol. The van der Waals surface area contributed by atoms with Crippen LogP contribution in [0.2, 0.25) is 0 Å². The van der Waals surface area contributed by atoms with Crippen molar-refractivity contribution in [3.63, 3.8) is 0 Å².